The second kappa shape index (κ2) is 7.53. The molecule has 0 atom stereocenters. The van der Waals surface area contributed by atoms with Gasteiger partial charge in [0.05, 0.1) is 22.0 Å². The molecule has 1 aromatic carbocycles. The quantitative estimate of drug-likeness (QED) is 0.477. The van der Waals surface area contributed by atoms with Gasteiger partial charge in [-0.3, -0.25) is 9.59 Å². The van der Waals surface area contributed by atoms with E-state index in [0.717, 1.165) is 0 Å². The Bertz CT molecular complexity index is 1090. The molecule has 0 bridgehead atoms. The second-order valence-corrected chi connectivity index (χ2v) is 6.15. The maximum atomic E-state index is 12.4. The first-order valence-corrected chi connectivity index (χ1v) is 8.32. The Morgan fingerprint density at radius 3 is 2.68 bits per heavy atom. The minimum atomic E-state index is -0.678. The van der Waals surface area contributed by atoms with Crippen molar-refractivity contribution in [1.82, 2.24) is 9.78 Å². The largest absolute Gasteiger partial charge is 0.454 e. The molecule has 3 aromatic rings. The topological polar surface area (TPSA) is 146 Å². The van der Waals surface area contributed by atoms with Crippen molar-refractivity contribution >= 4 is 34.9 Å². The monoisotopic (exact) mass is 403 g/mol. The molecule has 10 nitrogen and oxygen atoms in total. The number of anilines is 1. The van der Waals surface area contributed by atoms with Crippen molar-refractivity contribution in [3.63, 3.8) is 0 Å². The summed E-state index contributed by atoms with van der Waals surface area (Å²) >= 11 is 5.90. The van der Waals surface area contributed by atoms with Crippen LogP contribution >= 0.6 is 11.6 Å². The standard InChI is InChI=1S/C17H14ClN5O5/c1-9-14(18)16(23(26)27)21-22(9)8-10-6-7-13(28-10)17(25)20-12-5-3-2-4-11(12)15(19)24/h2-7H,8H2,1H3,(H2,19,24)(H,20,25). The average molecular weight is 404 g/mol. The predicted molar refractivity (Wildman–Crippen MR) is 99.4 cm³/mol. The molecule has 2 amide bonds. The van der Waals surface area contributed by atoms with Gasteiger partial charge >= 0.3 is 5.82 Å². The summed E-state index contributed by atoms with van der Waals surface area (Å²) in [4.78, 5) is 34.1. The molecule has 0 aliphatic rings. The summed E-state index contributed by atoms with van der Waals surface area (Å²) in [5, 5.41) is 17.2. The van der Waals surface area contributed by atoms with Gasteiger partial charge in [0, 0.05) is 0 Å². The van der Waals surface area contributed by atoms with Crippen LogP contribution in [0.5, 0.6) is 0 Å². The van der Waals surface area contributed by atoms with Gasteiger partial charge in [-0.2, -0.15) is 4.68 Å². The summed E-state index contributed by atoms with van der Waals surface area (Å²) in [6, 6.07) is 9.27. The lowest BCUT2D eigenvalue weighted by molar-refractivity contribution is -0.389. The van der Waals surface area contributed by atoms with Gasteiger partial charge in [0.1, 0.15) is 12.3 Å². The van der Waals surface area contributed by atoms with Crippen LogP contribution in [0, 0.1) is 17.0 Å². The second-order valence-electron chi connectivity index (χ2n) is 5.77. The van der Waals surface area contributed by atoms with Gasteiger partial charge in [0.25, 0.3) is 11.8 Å². The molecule has 0 saturated carbocycles. The van der Waals surface area contributed by atoms with Crippen LogP contribution in [-0.4, -0.2) is 26.5 Å². The summed E-state index contributed by atoms with van der Waals surface area (Å²) in [5.74, 6) is -1.39. The van der Waals surface area contributed by atoms with Crippen molar-refractivity contribution in [3.05, 3.63) is 74.3 Å². The Kier molecular flexibility index (Phi) is 5.14. The summed E-state index contributed by atoms with van der Waals surface area (Å²) in [6.45, 7) is 1.63. The van der Waals surface area contributed by atoms with E-state index in [1.807, 2.05) is 0 Å². The molecule has 0 saturated heterocycles. The number of carbonyl (C=O) groups excluding carboxylic acids is 2. The highest BCUT2D eigenvalue weighted by Gasteiger charge is 2.24. The van der Waals surface area contributed by atoms with Gasteiger partial charge in [-0.15, -0.1) is 0 Å². The molecule has 2 aromatic heterocycles. The Labute approximate surface area is 163 Å². The number of amides is 2. The molecule has 0 spiro atoms. The maximum Gasteiger partial charge on any atom is 0.408 e. The molecule has 0 radical (unpaired) electrons. The Hall–Kier alpha value is -3.66. The zero-order valence-electron chi connectivity index (χ0n) is 14.5. The van der Waals surface area contributed by atoms with Crippen LogP contribution < -0.4 is 11.1 Å². The van der Waals surface area contributed by atoms with Gasteiger partial charge < -0.3 is 25.6 Å². The highest BCUT2D eigenvalue weighted by molar-refractivity contribution is 6.33. The lowest BCUT2D eigenvalue weighted by Crippen LogP contribution is -2.17. The van der Waals surface area contributed by atoms with Crippen LogP contribution in [0.25, 0.3) is 0 Å². The van der Waals surface area contributed by atoms with Crippen molar-refractivity contribution in [1.29, 1.82) is 0 Å². The highest BCUT2D eigenvalue weighted by Crippen LogP contribution is 2.27. The smallest absolute Gasteiger partial charge is 0.408 e. The zero-order valence-corrected chi connectivity index (χ0v) is 15.3. The van der Waals surface area contributed by atoms with E-state index in [-0.39, 0.29) is 28.6 Å². The van der Waals surface area contributed by atoms with E-state index in [9.17, 15) is 19.7 Å². The first kappa shape index (κ1) is 19.1. The van der Waals surface area contributed by atoms with E-state index in [0.29, 0.717) is 11.5 Å². The van der Waals surface area contributed by atoms with Gasteiger partial charge in [-0.25, -0.2) is 0 Å². The van der Waals surface area contributed by atoms with Crippen LogP contribution in [0.15, 0.2) is 40.8 Å². The molecule has 0 aliphatic carbocycles. The third kappa shape index (κ3) is 3.71. The van der Waals surface area contributed by atoms with E-state index >= 15 is 0 Å². The third-order valence-electron chi connectivity index (χ3n) is 3.92. The number of carbonyl (C=O) groups is 2. The molecule has 0 fully saturated rings. The minimum absolute atomic E-state index is 0.0142. The summed E-state index contributed by atoms with van der Waals surface area (Å²) in [7, 11) is 0. The fourth-order valence-electron chi connectivity index (χ4n) is 2.50. The number of hydrogen-bond acceptors (Lipinski definition) is 6. The zero-order chi connectivity index (χ0) is 20.4. The number of hydrogen-bond donors (Lipinski definition) is 2. The minimum Gasteiger partial charge on any atom is -0.454 e. The molecular formula is C17H14ClN5O5. The molecule has 3 rings (SSSR count). The number of furan rings is 1. The summed E-state index contributed by atoms with van der Waals surface area (Å²) in [5.41, 5.74) is 6.10. The van der Waals surface area contributed by atoms with Crippen LogP contribution in [-0.2, 0) is 6.54 Å². The molecule has 11 heteroatoms. The first-order valence-electron chi connectivity index (χ1n) is 7.94. The van der Waals surface area contributed by atoms with Crippen LogP contribution in [0.1, 0.15) is 32.4 Å². The molecule has 28 heavy (non-hydrogen) atoms. The number of para-hydroxylation sites is 1. The van der Waals surface area contributed by atoms with Crippen LogP contribution in [0.2, 0.25) is 5.02 Å². The highest BCUT2D eigenvalue weighted by atomic mass is 35.5. The van der Waals surface area contributed by atoms with E-state index < -0.39 is 22.6 Å². The number of halogens is 1. The van der Waals surface area contributed by atoms with Gasteiger partial charge in [-0.1, -0.05) is 23.7 Å². The Balaban J connectivity index is 1.78. The van der Waals surface area contributed by atoms with Gasteiger partial charge in [0.2, 0.25) is 0 Å². The summed E-state index contributed by atoms with van der Waals surface area (Å²) < 4.78 is 6.79. The third-order valence-corrected chi connectivity index (χ3v) is 4.36. The van der Waals surface area contributed by atoms with Crippen molar-refractivity contribution < 1.29 is 18.9 Å². The van der Waals surface area contributed by atoms with E-state index in [2.05, 4.69) is 10.4 Å². The number of nitrogens with zero attached hydrogens (tertiary/aromatic N) is 3. The normalized spacial score (nSPS) is 10.6. The number of primary amides is 1. The van der Waals surface area contributed by atoms with Crippen molar-refractivity contribution in [2.24, 2.45) is 5.73 Å². The van der Waals surface area contributed by atoms with Crippen LogP contribution in [0.3, 0.4) is 0 Å². The number of nitrogens with one attached hydrogen (secondary N) is 1. The molecule has 0 unspecified atom stereocenters. The fourth-order valence-corrected chi connectivity index (χ4v) is 2.71. The molecular weight excluding hydrogens is 390 g/mol. The number of nitro groups is 1. The lowest BCUT2D eigenvalue weighted by atomic mass is 10.1. The molecule has 3 N–H and O–H groups in total. The molecule has 0 aliphatic heterocycles. The fraction of sp³-hybridized carbons (Fsp3) is 0.118. The van der Waals surface area contributed by atoms with E-state index in [1.54, 1.807) is 19.1 Å². The number of rotatable bonds is 6. The van der Waals surface area contributed by atoms with Gasteiger partial charge in [-0.05, 0) is 36.1 Å². The van der Waals surface area contributed by atoms with E-state index in [4.69, 9.17) is 21.8 Å². The number of nitrogens with two attached hydrogens (primary N) is 1. The van der Waals surface area contributed by atoms with Crippen molar-refractivity contribution in [2.75, 3.05) is 5.32 Å². The average Bonchev–Trinajstić information content (AvgIpc) is 3.22. The number of benzene rings is 1. The van der Waals surface area contributed by atoms with Crippen molar-refractivity contribution in [2.45, 2.75) is 13.5 Å². The lowest BCUT2D eigenvalue weighted by Gasteiger charge is -2.07. The maximum absolute atomic E-state index is 12.4. The summed E-state index contributed by atoms with van der Waals surface area (Å²) in [6.07, 6.45) is 0. The Morgan fingerprint density at radius 2 is 2.04 bits per heavy atom. The Morgan fingerprint density at radius 1 is 1.32 bits per heavy atom. The first-order chi connectivity index (χ1) is 13.3. The van der Waals surface area contributed by atoms with E-state index in [1.165, 1.54) is 28.9 Å². The molecule has 2 heterocycles. The SMILES string of the molecule is Cc1c(Cl)c([N+](=O)[O-])nn1Cc1ccc(C(=O)Nc2ccccc2C(N)=O)o1. The van der Waals surface area contributed by atoms with Crippen LogP contribution in [0.4, 0.5) is 11.5 Å². The predicted octanol–water partition coefficient (Wildman–Crippen LogP) is 2.75. The van der Waals surface area contributed by atoms with Crippen molar-refractivity contribution in [3.8, 4) is 0 Å². The number of aromatic nitrogens is 2. The molecule has 144 valence electrons. The van der Waals surface area contributed by atoms with Gasteiger partial charge in [0.15, 0.2) is 10.8 Å².